The van der Waals surface area contributed by atoms with E-state index < -0.39 is 0 Å². The molecule has 0 spiro atoms. The smallest absolute Gasteiger partial charge is 0 e. The second-order valence-corrected chi connectivity index (χ2v) is 0. The van der Waals surface area contributed by atoms with Gasteiger partial charge in [-0.2, -0.15) is 0 Å². The van der Waals surface area contributed by atoms with Crippen molar-refractivity contribution in [2.75, 3.05) is 0 Å². The average molecular weight is 235 g/mol. The van der Waals surface area contributed by atoms with Gasteiger partial charge in [0.2, 0.25) is 0 Å². The van der Waals surface area contributed by atoms with Crippen LogP contribution in [0.1, 0.15) is 0 Å². The van der Waals surface area contributed by atoms with Crippen molar-refractivity contribution in [2.45, 2.75) is 0 Å². The predicted molar refractivity (Wildman–Crippen MR) is 30.2 cm³/mol. The zero-order valence-electron chi connectivity index (χ0n) is 4.26. The Balaban J connectivity index is -0.00000000762. The Bertz CT molecular complexity index is 12.5. The van der Waals surface area contributed by atoms with Crippen molar-refractivity contribution in [2.24, 2.45) is 23.6 Å². The van der Waals surface area contributed by atoms with Crippen LogP contribution in [-0.4, -0.2) is 0 Å². The quantitative estimate of drug-likeness (QED) is 0.266. The molecule has 66 valence electrons. The Hall–Kier alpha value is 0.342. The first-order valence-electron chi connectivity index (χ1n) is 0.943. The Morgan fingerprint density at radius 1 is 0.444 bits per heavy atom. The molecule has 0 amide bonds. The predicted octanol–water partition coefficient (Wildman–Crippen LogP) is -2.23. The maximum absolute atomic E-state index is 7.75. The summed E-state index contributed by atoms with van der Waals surface area (Å²) in [7, 11) is 0. The minimum Gasteiger partial charge on any atom is -0.790 e. The van der Waals surface area contributed by atoms with Gasteiger partial charge in [0, 0.05) is 20.4 Å². The van der Waals surface area contributed by atoms with Gasteiger partial charge in [-0.25, -0.2) is 0 Å². The number of hydrogen-bond acceptors (Lipinski definition) is 8. The first kappa shape index (κ1) is 34.5. The fourth-order valence-corrected chi connectivity index (χ4v) is 0. The van der Waals surface area contributed by atoms with Gasteiger partial charge in [-0.15, -0.1) is 0 Å². The monoisotopic (exact) mass is 234 g/mol. The van der Waals surface area contributed by atoms with E-state index in [1.165, 1.54) is 0 Å². The molecule has 0 bridgehead atoms. The summed E-state index contributed by atoms with van der Waals surface area (Å²) in [5.74, 6) is 13.0. The summed E-state index contributed by atoms with van der Waals surface area (Å²) in [4.78, 5) is 0. The van der Waals surface area contributed by atoms with Gasteiger partial charge in [-0.1, -0.05) is 0 Å². The van der Waals surface area contributed by atoms with Crippen LogP contribution in [0, 0.1) is 20.8 Å². The zero-order valence-corrected chi connectivity index (χ0v) is 5.81. The maximum atomic E-state index is 7.75. The van der Waals surface area contributed by atoms with Crippen molar-refractivity contribution in [3.05, 3.63) is 20.8 Å². The molecule has 9 heteroatoms. The van der Waals surface area contributed by atoms with Crippen molar-refractivity contribution in [1.29, 1.82) is 0 Å². The molecule has 0 atom stereocenters. The van der Waals surface area contributed by atoms with E-state index in [0.717, 1.165) is 0 Å². The summed E-state index contributed by atoms with van der Waals surface area (Å²) < 4.78 is 0. The molecule has 0 aliphatic heterocycles. The van der Waals surface area contributed by atoms with Gasteiger partial charge >= 0.3 is 0 Å². The first-order valence-corrected chi connectivity index (χ1v) is 0.943. The number of rotatable bonds is 0. The zero-order chi connectivity index (χ0) is 8.00. The minimum atomic E-state index is 0. The van der Waals surface area contributed by atoms with E-state index in [4.69, 9.17) is 20.8 Å². The van der Waals surface area contributed by atoms with Crippen LogP contribution >= 0.6 is 0 Å². The molecule has 0 saturated heterocycles. The SMILES string of the molecule is N[O-].N[O-].N[O-].N[O-].[Pd]. The van der Waals surface area contributed by atoms with E-state index in [9.17, 15) is 0 Å². The van der Waals surface area contributed by atoms with Gasteiger partial charge in [-0.05, 0) is 0 Å². The molecule has 8 nitrogen and oxygen atoms in total. The van der Waals surface area contributed by atoms with Gasteiger partial charge in [0.25, 0.3) is 0 Å². The molecule has 0 aliphatic carbocycles. The van der Waals surface area contributed by atoms with E-state index in [-0.39, 0.29) is 20.4 Å². The number of hydrogen-bond donors (Lipinski definition) is 4. The molecule has 0 rings (SSSR count). The third kappa shape index (κ3) is 2860. The molecule has 0 heterocycles. The van der Waals surface area contributed by atoms with Crippen molar-refractivity contribution in [1.82, 2.24) is 0 Å². The molecule has 8 N–H and O–H groups in total. The maximum Gasteiger partial charge on any atom is 0 e. The fourth-order valence-electron chi connectivity index (χ4n) is 0. The molecule has 0 aromatic heterocycles. The van der Waals surface area contributed by atoms with E-state index in [2.05, 4.69) is 23.6 Å². The van der Waals surface area contributed by atoms with Crippen LogP contribution < -0.4 is 23.6 Å². The van der Waals surface area contributed by atoms with Crippen molar-refractivity contribution < 1.29 is 20.4 Å². The van der Waals surface area contributed by atoms with Crippen LogP contribution in [0.5, 0.6) is 0 Å². The molecule has 0 unspecified atom stereocenters. The summed E-state index contributed by atoms with van der Waals surface area (Å²) in [6.45, 7) is 0. The average Bonchev–Trinajstić information content (AvgIpc) is 2.03. The molecule has 0 fully saturated rings. The van der Waals surface area contributed by atoms with Gasteiger partial charge in [0.1, 0.15) is 0 Å². The van der Waals surface area contributed by atoms with Gasteiger partial charge < -0.3 is 44.4 Å². The standard InChI is InChI=1S/4H2NO.Pd/c4*1-2;/h4*1H2;/q4*-1;. The Kier molecular flexibility index (Phi) is 14700. The van der Waals surface area contributed by atoms with E-state index in [0.29, 0.717) is 0 Å². The van der Waals surface area contributed by atoms with Crippen molar-refractivity contribution in [3.63, 3.8) is 0 Å². The first-order chi connectivity index (χ1) is 4.00. The second-order valence-electron chi connectivity index (χ2n) is 0. The fraction of sp³-hybridized carbons (Fsp3) is 0. The third-order valence-electron chi connectivity index (χ3n) is 0. The van der Waals surface area contributed by atoms with Crippen molar-refractivity contribution in [3.8, 4) is 0 Å². The topological polar surface area (TPSA) is 196 Å². The van der Waals surface area contributed by atoms with E-state index >= 15 is 0 Å². The van der Waals surface area contributed by atoms with Crippen molar-refractivity contribution >= 4 is 0 Å². The molecular weight excluding hydrogens is 226 g/mol. The Labute approximate surface area is 65.5 Å². The second kappa shape index (κ2) is 3840. The largest absolute Gasteiger partial charge is 0.790 e. The van der Waals surface area contributed by atoms with Crippen LogP contribution in [0.25, 0.3) is 0 Å². The molecule has 9 heavy (non-hydrogen) atoms. The Morgan fingerprint density at radius 2 is 0.444 bits per heavy atom. The van der Waals surface area contributed by atoms with E-state index in [1.807, 2.05) is 0 Å². The minimum absolute atomic E-state index is 0. The molecule has 0 radical (unpaired) electrons. The summed E-state index contributed by atoms with van der Waals surface area (Å²) in [5, 5.41) is 31.0. The summed E-state index contributed by atoms with van der Waals surface area (Å²) >= 11 is 0. The molecule has 0 aromatic carbocycles. The van der Waals surface area contributed by atoms with Gasteiger partial charge in [0.05, 0.1) is 0 Å². The van der Waals surface area contributed by atoms with Crippen LogP contribution in [-0.2, 0) is 20.4 Å². The number of nitrogens with two attached hydrogens (primary N) is 4. The van der Waals surface area contributed by atoms with Crippen LogP contribution in [0.2, 0.25) is 0 Å². The molecule has 0 aromatic rings. The normalized spacial score (nSPS) is 2.67. The van der Waals surface area contributed by atoms with Crippen LogP contribution in [0.4, 0.5) is 0 Å². The molecular formula is H8N4O4Pd-4. The summed E-state index contributed by atoms with van der Waals surface area (Å²) in [6, 6.07) is 0. The third-order valence-corrected chi connectivity index (χ3v) is 0. The summed E-state index contributed by atoms with van der Waals surface area (Å²) in [6.07, 6.45) is 0. The van der Waals surface area contributed by atoms with Gasteiger partial charge in [0.15, 0.2) is 0 Å². The molecule has 0 saturated carbocycles. The van der Waals surface area contributed by atoms with E-state index in [1.54, 1.807) is 0 Å². The van der Waals surface area contributed by atoms with Crippen LogP contribution in [0.3, 0.4) is 0 Å². The van der Waals surface area contributed by atoms with Crippen LogP contribution in [0.15, 0.2) is 0 Å². The summed E-state index contributed by atoms with van der Waals surface area (Å²) in [5.41, 5.74) is 0. The Morgan fingerprint density at radius 3 is 0.444 bits per heavy atom. The molecule has 0 aliphatic rings. The van der Waals surface area contributed by atoms with Gasteiger partial charge in [-0.3, -0.25) is 0 Å².